The number of hydrogen-bond donors (Lipinski definition) is 1. The van der Waals surface area contributed by atoms with Crippen molar-refractivity contribution >= 4 is 28.6 Å². The van der Waals surface area contributed by atoms with E-state index < -0.39 is 0 Å². The summed E-state index contributed by atoms with van der Waals surface area (Å²) in [7, 11) is 3.18. The van der Waals surface area contributed by atoms with Crippen LogP contribution in [0.25, 0.3) is 10.9 Å². The molecule has 2 heterocycles. The van der Waals surface area contributed by atoms with Gasteiger partial charge in [0.05, 0.1) is 19.7 Å². The third-order valence-electron chi connectivity index (χ3n) is 6.07. The van der Waals surface area contributed by atoms with E-state index in [1.54, 1.807) is 20.3 Å². The Balaban J connectivity index is 1.47. The molecule has 8 nitrogen and oxygen atoms in total. The lowest BCUT2D eigenvalue weighted by Crippen LogP contribution is -2.49. The molecule has 156 valence electrons. The summed E-state index contributed by atoms with van der Waals surface area (Å²) in [6.45, 7) is 2.79. The highest BCUT2D eigenvalue weighted by molar-refractivity contribution is 5.91. The predicted octanol–water partition coefficient (Wildman–Crippen LogP) is 2.46. The van der Waals surface area contributed by atoms with Crippen molar-refractivity contribution in [2.75, 3.05) is 51.0 Å². The van der Waals surface area contributed by atoms with Crippen molar-refractivity contribution in [2.24, 2.45) is 5.92 Å². The maximum Gasteiger partial charge on any atom is 0.228 e. The van der Waals surface area contributed by atoms with Crippen LogP contribution in [0.15, 0.2) is 12.1 Å². The molecule has 29 heavy (non-hydrogen) atoms. The second kappa shape index (κ2) is 8.31. The van der Waals surface area contributed by atoms with Gasteiger partial charge in [-0.2, -0.15) is 4.98 Å². The molecule has 0 atom stereocenters. The minimum absolute atomic E-state index is 0.285. The molecule has 0 unspecified atom stereocenters. The molecule has 8 heteroatoms. The molecule has 1 aliphatic carbocycles. The Bertz CT molecular complexity index is 890. The molecule has 2 aliphatic rings. The van der Waals surface area contributed by atoms with Crippen LogP contribution in [0.2, 0.25) is 0 Å². The molecule has 2 fully saturated rings. The van der Waals surface area contributed by atoms with Crippen LogP contribution < -0.4 is 20.1 Å². The number of ether oxygens (including phenoxy) is 2. The number of carbonyl (C=O) groups excluding carboxylic acids is 1. The van der Waals surface area contributed by atoms with Crippen molar-refractivity contribution in [1.29, 1.82) is 0 Å². The van der Waals surface area contributed by atoms with Crippen LogP contribution in [0.4, 0.5) is 11.8 Å². The third kappa shape index (κ3) is 4.02. The van der Waals surface area contributed by atoms with Crippen LogP contribution in [-0.4, -0.2) is 61.2 Å². The van der Waals surface area contributed by atoms with Crippen molar-refractivity contribution in [2.45, 2.75) is 32.1 Å². The fourth-order valence-electron chi connectivity index (χ4n) is 4.35. The minimum Gasteiger partial charge on any atom is -0.493 e. The number of nitrogen functional groups attached to an aromatic ring is 1. The van der Waals surface area contributed by atoms with Crippen LogP contribution in [-0.2, 0) is 4.79 Å². The number of hydrogen-bond acceptors (Lipinski definition) is 7. The monoisotopic (exact) mass is 399 g/mol. The van der Waals surface area contributed by atoms with Crippen molar-refractivity contribution in [3.05, 3.63) is 12.1 Å². The zero-order valence-electron chi connectivity index (χ0n) is 17.2. The number of benzene rings is 1. The predicted molar refractivity (Wildman–Crippen MR) is 112 cm³/mol. The van der Waals surface area contributed by atoms with Crippen LogP contribution in [0, 0.1) is 5.92 Å². The normalized spacial score (nSPS) is 17.7. The number of aromatic nitrogens is 2. The van der Waals surface area contributed by atoms with E-state index in [-0.39, 0.29) is 5.91 Å². The largest absolute Gasteiger partial charge is 0.493 e. The second-order valence-corrected chi connectivity index (χ2v) is 7.86. The van der Waals surface area contributed by atoms with E-state index in [1.165, 1.54) is 25.7 Å². The third-order valence-corrected chi connectivity index (χ3v) is 6.07. The van der Waals surface area contributed by atoms with E-state index in [0.717, 1.165) is 5.39 Å². The topological polar surface area (TPSA) is 93.8 Å². The standard InChI is InChI=1S/C21H29N5O3/c1-28-17-12-15-16(13-18(17)29-2)23-21(24-20(15)22)26-9-7-25(8-10-26)19(27)11-14-5-3-4-6-14/h12-14H,3-11H2,1-2H3,(H2,22,23,24). The maximum atomic E-state index is 12.6. The van der Waals surface area contributed by atoms with Crippen molar-refractivity contribution in [3.8, 4) is 11.5 Å². The Kier molecular flexibility index (Phi) is 5.60. The number of piperazine rings is 1. The summed E-state index contributed by atoms with van der Waals surface area (Å²) in [5.74, 6) is 3.06. The fourth-order valence-corrected chi connectivity index (χ4v) is 4.35. The van der Waals surface area contributed by atoms with Gasteiger partial charge in [0.25, 0.3) is 0 Å². The Morgan fingerprint density at radius 2 is 1.72 bits per heavy atom. The Morgan fingerprint density at radius 1 is 1.07 bits per heavy atom. The maximum absolute atomic E-state index is 12.6. The van der Waals surface area contributed by atoms with Gasteiger partial charge >= 0.3 is 0 Å². The van der Waals surface area contributed by atoms with Gasteiger partial charge in [-0.1, -0.05) is 12.8 Å². The van der Waals surface area contributed by atoms with Gasteiger partial charge in [-0.25, -0.2) is 4.98 Å². The molecule has 0 spiro atoms. The Hall–Kier alpha value is -2.77. The SMILES string of the molecule is COc1cc2nc(N3CCN(C(=O)CC4CCCC4)CC3)nc(N)c2cc1OC. The zero-order valence-corrected chi connectivity index (χ0v) is 17.2. The molecule has 1 saturated heterocycles. The number of amides is 1. The molecular formula is C21H29N5O3. The van der Waals surface area contributed by atoms with Gasteiger partial charge < -0.3 is 25.0 Å². The lowest BCUT2D eigenvalue weighted by atomic mass is 10.0. The number of anilines is 2. The van der Waals surface area contributed by atoms with Crippen LogP contribution in [0.3, 0.4) is 0 Å². The Morgan fingerprint density at radius 3 is 2.38 bits per heavy atom. The molecule has 1 amide bonds. The fraction of sp³-hybridized carbons (Fsp3) is 0.571. The number of methoxy groups -OCH3 is 2. The van der Waals surface area contributed by atoms with Crippen molar-refractivity contribution in [3.63, 3.8) is 0 Å². The molecule has 0 radical (unpaired) electrons. The van der Waals surface area contributed by atoms with Crippen molar-refractivity contribution in [1.82, 2.24) is 14.9 Å². The van der Waals surface area contributed by atoms with Crippen LogP contribution in [0.5, 0.6) is 11.5 Å². The second-order valence-electron chi connectivity index (χ2n) is 7.86. The quantitative estimate of drug-likeness (QED) is 0.825. The van der Waals surface area contributed by atoms with Gasteiger partial charge in [0.2, 0.25) is 11.9 Å². The summed E-state index contributed by atoms with van der Waals surface area (Å²) in [6.07, 6.45) is 5.63. The average Bonchev–Trinajstić information content (AvgIpc) is 3.25. The van der Waals surface area contributed by atoms with E-state index in [9.17, 15) is 4.79 Å². The average molecular weight is 399 g/mol. The minimum atomic E-state index is 0.285. The zero-order chi connectivity index (χ0) is 20.4. The van der Waals surface area contributed by atoms with Gasteiger partial charge in [-0.15, -0.1) is 0 Å². The Labute approximate surface area is 171 Å². The number of carbonyl (C=O) groups is 1. The van der Waals surface area contributed by atoms with Gasteiger partial charge in [-0.3, -0.25) is 4.79 Å². The lowest BCUT2D eigenvalue weighted by Gasteiger charge is -2.35. The molecular weight excluding hydrogens is 370 g/mol. The van der Waals surface area contributed by atoms with E-state index in [1.807, 2.05) is 11.0 Å². The smallest absolute Gasteiger partial charge is 0.228 e. The summed E-state index contributed by atoms with van der Waals surface area (Å²) < 4.78 is 10.7. The molecule has 2 aromatic rings. The highest BCUT2D eigenvalue weighted by Crippen LogP contribution is 2.34. The summed E-state index contributed by atoms with van der Waals surface area (Å²) in [5, 5.41) is 0.733. The summed E-state index contributed by atoms with van der Waals surface area (Å²) in [4.78, 5) is 25.9. The molecule has 2 N–H and O–H groups in total. The molecule has 0 bridgehead atoms. The first-order valence-electron chi connectivity index (χ1n) is 10.3. The van der Waals surface area contributed by atoms with Gasteiger partial charge in [0, 0.05) is 44.1 Å². The van der Waals surface area contributed by atoms with Gasteiger partial charge in [-0.05, 0) is 24.8 Å². The molecule has 1 aliphatic heterocycles. The van der Waals surface area contributed by atoms with E-state index in [2.05, 4.69) is 9.88 Å². The lowest BCUT2D eigenvalue weighted by molar-refractivity contribution is -0.132. The first kappa shape index (κ1) is 19.5. The van der Waals surface area contributed by atoms with Gasteiger partial charge in [0.1, 0.15) is 5.82 Å². The first-order valence-corrected chi connectivity index (χ1v) is 10.3. The number of nitrogens with zero attached hydrogens (tertiary/aromatic N) is 4. The summed E-state index contributed by atoms with van der Waals surface area (Å²) >= 11 is 0. The van der Waals surface area contributed by atoms with Crippen molar-refractivity contribution < 1.29 is 14.3 Å². The number of fused-ring (bicyclic) bond motifs is 1. The van der Waals surface area contributed by atoms with E-state index in [0.29, 0.717) is 67.3 Å². The van der Waals surface area contributed by atoms with E-state index in [4.69, 9.17) is 20.2 Å². The highest BCUT2D eigenvalue weighted by atomic mass is 16.5. The summed E-state index contributed by atoms with van der Waals surface area (Å²) in [6, 6.07) is 3.62. The van der Waals surface area contributed by atoms with E-state index >= 15 is 0 Å². The highest BCUT2D eigenvalue weighted by Gasteiger charge is 2.26. The molecule has 1 aromatic carbocycles. The van der Waals surface area contributed by atoms with Crippen LogP contribution in [0.1, 0.15) is 32.1 Å². The summed E-state index contributed by atoms with van der Waals surface area (Å²) in [5.41, 5.74) is 6.92. The molecule has 4 rings (SSSR count). The first-order chi connectivity index (χ1) is 14.1. The number of nitrogens with two attached hydrogens (primary N) is 1. The molecule has 1 saturated carbocycles. The number of rotatable bonds is 5. The van der Waals surface area contributed by atoms with Gasteiger partial charge in [0.15, 0.2) is 11.5 Å². The molecule has 1 aromatic heterocycles. The van der Waals surface area contributed by atoms with Crippen LogP contribution >= 0.6 is 0 Å².